The first kappa shape index (κ1) is 10.9. The summed E-state index contributed by atoms with van der Waals surface area (Å²) in [5.74, 6) is 1.65. The van der Waals surface area contributed by atoms with E-state index in [0.29, 0.717) is 5.92 Å². The van der Waals surface area contributed by atoms with Crippen molar-refractivity contribution >= 4 is 23.4 Å². The number of hydrogen-bond donors (Lipinski definition) is 0. The molecule has 13 heavy (non-hydrogen) atoms. The summed E-state index contributed by atoms with van der Waals surface area (Å²) in [5, 5.41) is 0.849. The van der Waals surface area contributed by atoms with Crippen LogP contribution in [0.1, 0.15) is 32.3 Å². The first-order valence-corrected chi connectivity index (χ1v) is 5.93. The molecule has 0 fully saturated rings. The van der Waals surface area contributed by atoms with Crippen LogP contribution in [-0.4, -0.2) is 5.75 Å². The van der Waals surface area contributed by atoms with Gasteiger partial charge in [0.1, 0.15) is 0 Å². The predicted molar refractivity (Wildman–Crippen MR) is 61.9 cm³/mol. The van der Waals surface area contributed by atoms with E-state index < -0.39 is 0 Å². The van der Waals surface area contributed by atoms with Crippen LogP contribution in [0.4, 0.5) is 0 Å². The Morgan fingerprint density at radius 3 is 2.54 bits per heavy atom. The number of benzene rings is 1. The van der Waals surface area contributed by atoms with Gasteiger partial charge in [-0.1, -0.05) is 32.4 Å². The summed E-state index contributed by atoms with van der Waals surface area (Å²) in [6.45, 7) is 6.53. The molecule has 0 amide bonds. The largest absolute Gasteiger partial charge is 0.126 e. The minimum Gasteiger partial charge on any atom is -0.126 e. The van der Waals surface area contributed by atoms with Gasteiger partial charge in [-0.15, -0.1) is 11.8 Å². The highest BCUT2D eigenvalue weighted by Crippen LogP contribution is 2.27. The van der Waals surface area contributed by atoms with E-state index in [0.717, 1.165) is 10.8 Å². The van der Waals surface area contributed by atoms with Crippen molar-refractivity contribution in [3.8, 4) is 0 Å². The molecule has 0 radical (unpaired) electrons. The first-order valence-electron chi connectivity index (χ1n) is 4.56. The van der Waals surface area contributed by atoms with Gasteiger partial charge < -0.3 is 0 Å². The molecule has 0 spiro atoms. The lowest BCUT2D eigenvalue weighted by atomic mass is 10.0. The molecule has 0 N–H and O–H groups in total. The van der Waals surface area contributed by atoms with E-state index in [9.17, 15) is 0 Å². The SMILES string of the molecule is CCSc1cc(Cl)cc(C(C)C)c1. The Balaban J connectivity index is 2.96. The lowest BCUT2D eigenvalue weighted by Gasteiger charge is -2.08. The summed E-state index contributed by atoms with van der Waals surface area (Å²) >= 11 is 7.85. The predicted octanol–water partition coefficient (Wildman–Crippen LogP) is 4.58. The molecule has 0 heterocycles. The Morgan fingerprint density at radius 1 is 1.31 bits per heavy atom. The Kier molecular flexibility index (Phi) is 4.14. The minimum absolute atomic E-state index is 0.551. The monoisotopic (exact) mass is 214 g/mol. The fourth-order valence-corrected chi connectivity index (χ4v) is 2.24. The summed E-state index contributed by atoms with van der Waals surface area (Å²) in [6, 6.07) is 6.30. The molecule has 1 rings (SSSR count). The van der Waals surface area contributed by atoms with Crippen LogP contribution in [0.3, 0.4) is 0 Å². The summed E-state index contributed by atoms with van der Waals surface area (Å²) in [6.07, 6.45) is 0. The second kappa shape index (κ2) is 4.92. The highest BCUT2D eigenvalue weighted by molar-refractivity contribution is 7.99. The maximum Gasteiger partial charge on any atom is 0.0419 e. The first-order chi connectivity index (χ1) is 6.13. The van der Waals surface area contributed by atoms with Crippen LogP contribution < -0.4 is 0 Å². The van der Waals surface area contributed by atoms with Gasteiger partial charge in [-0.05, 0) is 35.4 Å². The molecule has 0 saturated carbocycles. The van der Waals surface area contributed by atoms with E-state index in [4.69, 9.17) is 11.6 Å². The zero-order valence-electron chi connectivity index (χ0n) is 8.30. The molecule has 0 atom stereocenters. The van der Waals surface area contributed by atoms with Crippen LogP contribution in [0, 0.1) is 0 Å². The molecule has 0 aliphatic carbocycles. The van der Waals surface area contributed by atoms with Gasteiger partial charge in [0, 0.05) is 9.92 Å². The maximum atomic E-state index is 6.02. The van der Waals surface area contributed by atoms with E-state index in [1.54, 1.807) is 0 Å². The highest BCUT2D eigenvalue weighted by Gasteiger charge is 2.02. The van der Waals surface area contributed by atoms with Crippen molar-refractivity contribution in [2.45, 2.75) is 31.6 Å². The lowest BCUT2D eigenvalue weighted by Crippen LogP contribution is -1.87. The molecule has 1 aromatic rings. The maximum absolute atomic E-state index is 6.02. The van der Waals surface area contributed by atoms with Gasteiger partial charge in [0.25, 0.3) is 0 Å². The van der Waals surface area contributed by atoms with E-state index in [2.05, 4.69) is 26.8 Å². The summed E-state index contributed by atoms with van der Waals surface area (Å²) < 4.78 is 0. The van der Waals surface area contributed by atoms with Gasteiger partial charge in [0.05, 0.1) is 0 Å². The second-order valence-corrected chi connectivity index (χ2v) is 5.08. The Hall–Kier alpha value is -0.140. The van der Waals surface area contributed by atoms with E-state index in [-0.39, 0.29) is 0 Å². The molecular weight excluding hydrogens is 200 g/mol. The van der Waals surface area contributed by atoms with Crippen molar-refractivity contribution in [3.05, 3.63) is 28.8 Å². The molecule has 0 nitrogen and oxygen atoms in total. The standard InChI is InChI=1S/C11H15ClS/c1-4-13-11-6-9(8(2)3)5-10(12)7-11/h5-8H,4H2,1-3H3. The Labute approximate surface area is 89.7 Å². The molecule has 2 heteroatoms. The van der Waals surface area contributed by atoms with Crippen molar-refractivity contribution < 1.29 is 0 Å². The van der Waals surface area contributed by atoms with E-state index >= 15 is 0 Å². The molecule has 72 valence electrons. The van der Waals surface area contributed by atoms with Gasteiger partial charge in [-0.25, -0.2) is 0 Å². The average Bonchev–Trinajstić information content (AvgIpc) is 2.03. The van der Waals surface area contributed by atoms with Crippen LogP contribution in [0.25, 0.3) is 0 Å². The van der Waals surface area contributed by atoms with Crippen molar-refractivity contribution in [3.63, 3.8) is 0 Å². The number of thioether (sulfide) groups is 1. The smallest absolute Gasteiger partial charge is 0.0419 e. The molecule has 0 bridgehead atoms. The normalized spacial score (nSPS) is 10.8. The van der Waals surface area contributed by atoms with Gasteiger partial charge in [-0.3, -0.25) is 0 Å². The van der Waals surface area contributed by atoms with Gasteiger partial charge >= 0.3 is 0 Å². The van der Waals surface area contributed by atoms with Gasteiger partial charge in [0.2, 0.25) is 0 Å². The summed E-state index contributed by atoms with van der Waals surface area (Å²) in [4.78, 5) is 1.28. The molecule has 0 unspecified atom stereocenters. The summed E-state index contributed by atoms with van der Waals surface area (Å²) in [5.41, 5.74) is 1.32. The van der Waals surface area contributed by atoms with Crippen LogP contribution in [0.15, 0.2) is 23.1 Å². The van der Waals surface area contributed by atoms with Crippen LogP contribution in [-0.2, 0) is 0 Å². The third-order valence-corrected chi connectivity index (χ3v) is 2.95. The van der Waals surface area contributed by atoms with Crippen LogP contribution >= 0.6 is 23.4 Å². The highest BCUT2D eigenvalue weighted by atomic mass is 35.5. The molecule has 0 aromatic heterocycles. The molecule has 1 aromatic carbocycles. The third kappa shape index (κ3) is 3.24. The molecule has 0 aliphatic heterocycles. The average molecular weight is 215 g/mol. The molecule has 0 saturated heterocycles. The molecular formula is C11H15ClS. The zero-order valence-corrected chi connectivity index (χ0v) is 9.88. The molecule has 0 aliphatic rings. The fourth-order valence-electron chi connectivity index (χ4n) is 1.17. The number of rotatable bonds is 3. The van der Waals surface area contributed by atoms with Crippen molar-refractivity contribution in [2.75, 3.05) is 5.75 Å². The van der Waals surface area contributed by atoms with E-state index in [1.165, 1.54) is 10.5 Å². The fraction of sp³-hybridized carbons (Fsp3) is 0.455. The van der Waals surface area contributed by atoms with Crippen molar-refractivity contribution in [1.29, 1.82) is 0 Å². The topological polar surface area (TPSA) is 0 Å². The third-order valence-electron chi connectivity index (χ3n) is 1.87. The summed E-state index contributed by atoms with van der Waals surface area (Å²) in [7, 11) is 0. The van der Waals surface area contributed by atoms with Crippen LogP contribution in [0.2, 0.25) is 5.02 Å². The van der Waals surface area contributed by atoms with Gasteiger partial charge in [-0.2, -0.15) is 0 Å². The second-order valence-electron chi connectivity index (χ2n) is 3.31. The van der Waals surface area contributed by atoms with Gasteiger partial charge in [0.15, 0.2) is 0 Å². The Bertz CT molecular complexity index is 281. The lowest BCUT2D eigenvalue weighted by molar-refractivity contribution is 0.862. The van der Waals surface area contributed by atoms with Crippen molar-refractivity contribution in [2.24, 2.45) is 0 Å². The van der Waals surface area contributed by atoms with Crippen LogP contribution in [0.5, 0.6) is 0 Å². The number of halogens is 1. The zero-order chi connectivity index (χ0) is 9.84. The van der Waals surface area contributed by atoms with E-state index in [1.807, 2.05) is 23.9 Å². The van der Waals surface area contributed by atoms with Crippen molar-refractivity contribution in [1.82, 2.24) is 0 Å². The quantitative estimate of drug-likeness (QED) is 0.664. The minimum atomic E-state index is 0.551. The number of hydrogen-bond acceptors (Lipinski definition) is 1. The Morgan fingerprint density at radius 2 is 2.00 bits per heavy atom.